The van der Waals surface area contributed by atoms with Gasteiger partial charge in [0.1, 0.15) is 17.3 Å². The van der Waals surface area contributed by atoms with Crippen molar-refractivity contribution in [1.29, 1.82) is 0 Å². The molecule has 0 unspecified atom stereocenters. The van der Waals surface area contributed by atoms with Crippen molar-refractivity contribution in [3.8, 4) is 0 Å². The van der Waals surface area contributed by atoms with E-state index < -0.39 is 17.5 Å². The molecule has 0 spiro atoms. The molecule has 1 heterocycles. The minimum atomic E-state index is -1.02. The quantitative estimate of drug-likeness (QED) is 0.876. The molecule has 1 amide bonds. The van der Waals surface area contributed by atoms with E-state index in [1.54, 1.807) is 13.0 Å². The monoisotopic (exact) mass is 346 g/mol. The van der Waals surface area contributed by atoms with Crippen molar-refractivity contribution >= 4 is 17.4 Å². The average Bonchev–Trinajstić information content (AvgIpc) is 2.58. The van der Waals surface area contributed by atoms with Crippen molar-refractivity contribution in [3.63, 3.8) is 0 Å². The second kappa shape index (κ2) is 7.55. The first-order valence-electron chi connectivity index (χ1n) is 8.40. The first-order valence-corrected chi connectivity index (χ1v) is 8.40. The van der Waals surface area contributed by atoms with Crippen LogP contribution in [0.25, 0.3) is 0 Å². The Balaban J connectivity index is 1.74. The van der Waals surface area contributed by atoms with E-state index in [0.29, 0.717) is 17.7 Å². The normalized spacial score (nSPS) is 15.0. The van der Waals surface area contributed by atoms with Crippen LogP contribution in [0.3, 0.4) is 0 Å². The molecule has 25 heavy (non-hydrogen) atoms. The highest BCUT2D eigenvalue weighted by atomic mass is 19.2. The highest BCUT2D eigenvalue weighted by molar-refractivity contribution is 6.03. The smallest absolute Gasteiger partial charge is 0.274 e. The number of amides is 1. The third-order valence-electron chi connectivity index (χ3n) is 4.21. The van der Waals surface area contributed by atoms with Crippen molar-refractivity contribution < 1.29 is 13.6 Å². The molecule has 3 rings (SSSR count). The fourth-order valence-electron chi connectivity index (χ4n) is 2.98. The largest absolute Gasteiger partial charge is 0.367 e. The topological polar surface area (TPSA) is 66.9 Å². The second-order valence-electron chi connectivity index (χ2n) is 6.25. The zero-order valence-corrected chi connectivity index (χ0v) is 14.0. The molecule has 0 atom stereocenters. The summed E-state index contributed by atoms with van der Waals surface area (Å²) >= 11 is 0. The Labute approximate surface area is 144 Å². The van der Waals surface area contributed by atoms with Gasteiger partial charge in [0.05, 0.1) is 0 Å². The molecule has 132 valence electrons. The summed E-state index contributed by atoms with van der Waals surface area (Å²) in [5.74, 6) is -1.40. The average molecular weight is 346 g/mol. The van der Waals surface area contributed by atoms with Gasteiger partial charge in [-0.25, -0.2) is 18.7 Å². The number of anilines is 2. The molecule has 1 aromatic heterocycles. The predicted octanol–water partition coefficient (Wildman–Crippen LogP) is 4.06. The fraction of sp³-hybridized carbons (Fsp3) is 0.389. The van der Waals surface area contributed by atoms with Crippen molar-refractivity contribution in [2.75, 3.05) is 10.6 Å². The molecule has 7 heteroatoms. The second-order valence-corrected chi connectivity index (χ2v) is 6.25. The molecule has 2 N–H and O–H groups in total. The van der Waals surface area contributed by atoms with E-state index in [9.17, 15) is 13.6 Å². The summed E-state index contributed by atoms with van der Waals surface area (Å²) < 4.78 is 26.2. The summed E-state index contributed by atoms with van der Waals surface area (Å²) in [5, 5.41) is 5.88. The molecule has 1 fully saturated rings. The summed E-state index contributed by atoms with van der Waals surface area (Å²) in [6.45, 7) is 1.71. The number of nitrogens with zero attached hydrogens (tertiary/aromatic N) is 2. The lowest BCUT2D eigenvalue weighted by molar-refractivity contribution is 0.102. The van der Waals surface area contributed by atoms with E-state index in [4.69, 9.17) is 0 Å². The van der Waals surface area contributed by atoms with Crippen LogP contribution in [0, 0.1) is 18.6 Å². The van der Waals surface area contributed by atoms with Crippen LogP contribution >= 0.6 is 0 Å². The van der Waals surface area contributed by atoms with Gasteiger partial charge in [-0.15, -0.1) is 0 Å². The maximum absolute atomic E-state index is 13.3. The summed E-state index contributed by atoms with van der Waals surface area (Å²) in [5.41, 5.74) is 0.345. The third kappa shape index (κ3) is 4.49. The fourth-order valence-corrected chi connectivity index (χ4v) is 2.98. The number of hydrogen-bond acceptors (Lipinski definition) is 4. The summed E-state index contributed by atoms with van der Waals surface area (Å²) in [6.07, 6.45) is 5.79. The molecule has 0 aliphatic heterocycles. The van der Waals surface area contributed by atoms with Crippen LogP contribution in [0.2, 0.25) is 0 Å². The Hall–Kier alpha value is -2.57. The SMILES string of the molecule is Cc1nc(NC2CCCCC2)cc(C(=O)Nc2ccc(F)c(F)c2)n1. The van der Waals surface area contributed by atoms with Gasteiger partial charge in [-0.05, 0) is 31.9 Å². The Kier molecular flexibility index (Phi) is 5.21. The Bertz CT molecular complexity index is 776. The van der Waals surface area contributed by atoms with Gasteiger partial charge < -0.3 is 10.6 Å². The maximum atomic E-state index is 13.3. The molecule has 5 nitrogen and oxygen atoms in total. The number of nitrogens with one attached hydrogen (secondary N) is 2. The zero-order chi connectivity index (χ0) is 17.8. The number of carbonyl (C=O) groups is 1. The molecule has 0 bridgehead atoms. The Morgan fingerprint density at radius 1 is 1.08 bits per heavy atom. The van der Waals surface area contributed by atoms with E-state index >= 15 is 0 Å². The first-order chi connectivity index (χ1) is 12.0. The molecule has 0 radical (unpaired) electrons. The summed E-state index contributed by atoms with van der Waals surface area (Å²) in [7, 11) is 0. The van der Waals surface area contributed by atoms with Gasteiger partial charge in [0.15, 0.2) is 11.6 Å². The van der Waals surface area contributed by atoms with Crippen LogP contribution in [0.15, 0.2) is 24.3 Å². The minimum Gasteiger partial charge on any atom is -0.367 e. The molecule has 1 aromatic carbocycles. The van der Waals surface area contributed by atoms with Gasteiger partial charge in [0.25, 0.3) is 5.91 Å². The first kappa shape index (κ1) is 17.3. The van der Waals surface area contributed by atoms with Crippen LogP contribution in [0.1, 0.15) is 48.4 Å². The van der Waals surface area contributed by atoms with Gasteiger partial charge in [-0.2, -0.15) is 0 Å². The van der Waals surface area contributed by atoms with Crippen molar-refractivity contribution in [3.05, 3.63) is 47.4 Å². The Morgan fingerprint density at radius 3 is 2.56 bits per heavy atom. The van der Waals surface area contributed by atoms with Crippen LogP contribution in [0.5, 0.6) is 0 Å². The number of carbonyl (C=O) groups excluding carboxylic acids is 1. The highest BCUT2D eigenvalue weighted by Crippen LogP contribution is 2.21. The molecular formula is C18H20F2N4O. The maximum Gasteiger partial charge on any atom is 0.274 e. The third-order valence-corrected chi connectivity index (χ3v) is 4.21. The Morgan fingerprint density at radius 2 is 1.84 bits per heavy atom. The van der Waals surface area contributed by atoms with Crippen molar-refractivity contribution in [2.45, 2.75) is 45.1 Å². The number of benzene rings is 1. The van der Waals surface area contributed by atoms with Gasteiger partial charge in [0, 0.05) is 23.9 Å². The van der Waals surface area contributed by atoms with Gasteiger partial charge in [0.2, 0.25) is 0 Å². The molecular weight excluding hydrogens is 326 g/mol. The van der Waals surface area contributed by atoms with Gasteiger partial charge in [-0.3, -0.25) is 4.79 Å². The van der Waals surface area contributed by atoms with Crippen molar-refractivity contribution in [2.24, 2.45) is 0 Å². The number of halogens is 2. The number of aromatic nitrogens is 2. The molecule has 0 saturated heterocycles. The van der Waals surface area contributed by atoms with E-state index in [-0.39, 0.29) is 11.4 Å². The van der Waals surface area contributed by atoms with Gasteiger partial charge >= 0.3 is 0 Å². The number of hydrogen-bond donors (Lipinski definition) is 2. The molecule has 1 aliphatic carbocycles. The van der Waals surface area contributed by atoms with Crippen LogP contribution < -0.4 is 10.6 Å². The molecule has 1 aliphatic rings. The molecule has 1 saturated carbocycles. The van der Waals surface area contributed by atoms with Crippen LogP contribution in [-0.2, 0) is 0 Å². The summed E-state index contributed by atoms with van der Waals surface area (Å²) in [6, 6.07) is 5.13. The minimum absolute atomic E-state index is 0.168. The van der Waals surface area contributed by atoms with Crippen LogP contribution in [0.4, 0.5) is 20.3 Å². The standard InChI is InChI=1S/C18H20F2N4O/c1-11-21-16(10-17(22-11)23-12-5-3-2-4-6-12)18(25)24-13-7-8-14(19)15(20)9-13/h7-10,12H,2-6H2,1H3,(H,24,25)(H,21,22,23). The van der Waals surface area contributed by atoms with E-state index in [1.165, 1.54) is 25.3 Å². The number of aryl methyl sites for hydroxylation is 1. The number of rotatable bonds is 4. The van der Waals surface area contributed by atoms with E-state index in [1.807, 2.05) is 0 Å². The zero-order valence-electron chi connectivity index (χ0n) is 14.0. The van der Waals surface area contributed by atoms with E-state index in [0.717, 1.165) is 25.0 Å². The lowest BCUT2D eigenvalue weighted by Crippen LogP contribution is -2.24. The highest BCUT2D eigenvalue weighted by Gasteiger charge is 2.16. The van der Waals surface area contributed by atoms with Crippen molar-refractivity contribution in [1.82, 2.24) is 9.97 Å². The molecule has 2 aromatic rings. The van der Waals surface area contributed by atoms with E-state index in [2.05, 4.69) is 20.6 Å². The summed E-state index contributed by atoms with van der Waals surface area (Å²) in [4.78, 5) is 20.8. The van der Waals surface area contributed by atoms with Gasteiger partial charge in [-0.1, -0.05) is 19.3 Å². The predicted molar refractivity (Wildman–Crippen MR) is 91.6 cm³/mol. The van der Waals surface area contributed by atoms with Crippen LogP contribution in [-0.4, -0.2) is 21.9 Å². The lowest BCUT2D eigenvalue weighted by Gasteiger charge is -2.23. The lowest BCUT2D eigenvalue weighted by atomic mass is 9.95.